The molecule has 0 bridgehead atoms. The Morgan fingerprint density at radius 1 is 1.41 bits per heavy atom. The number of amides is 1. The minimum absolute atomic E-state index is 0.211. The van der Waals surface area contributed by atoms with E-state index in [0.717, 1.165) is 12.1 Å². The standard InChI is InChI=1S/C11H10F2N2O2/c1-5-2-9(16)14-15-10(5)6-3-7(12)11(17)8(13)4-6/h3-5,17H,2H2,1H3,(H,14,16). The third-order valence-corrected chi connectivity index (χ3v) is 2.57. The van der Waals surface area contributed by atoms with Gasteiger partial charge in [-0.15, -0.1) is 0 Å². The minimum atomic E-state index is -1.05. The molecule has 1 unspecified atom stereocenters. The second-order valence-electron chi connectivity index (χ2n) is 3.93. The van der Waals surface area contributed by atoms with Gasteiger partial charge in [-0.2, -0.15) is 5.10 Å². The Morgan fingerprint density at radius 3 is 2.53 bits per heavy atom. The number of hydrazone groups is 1. The Balaban J connectivity index is 2.44. The smallest absolute Gasteiger partial charge is 0.240 e. The van der Waals surface area contributed by atoms with Crippen LogP contribution in [0.15, 0.2) is 17.2 Å². The number of carbonyl (C=O) groups excluding carboxylic acids is 1. The summed E-state index contributed by atoms with van der Waals surface area (Å²) in [5, 5.41) is 12.8. The molecule has 0 spiro atoms. The molecule has 1 aliphatic heterocycles. The number of hydrogen-bond acceptors (Lipinski definition) is 3. The van der Waals surface area contributed by atoms with Crippen LogP contribution in [0.2, 0.25) is 0 Å². The largest absolute Gasteiger partial charge is 0.503 e. The average molecular weight is 240 g/mol. The van der Waals surface area contributed by atoms with Gasteiger partial charge in [-0.1, -0.05) is 6.92 Å². The number of aromatic hydroxyl groups is 1. The maximum absolute atomic E-state index is 13.2. The van der Waals surface area contributed by atoms with E-state index in [1.165, 1.54) is 0 Å². The monoisotopic (exact) mass is 240 g/mol. The van der Waals surface area contributed by atoms with E-state index in [-0.39, 0.29) is 23.8 Å². The summed E-state index contributed by atoms with van der Waals surface area (Å²) < 4.78 is 26.3. The Hall–Kier alpha value is -1.98. The molecule has 4 nitrogen and oxygen atoms in total. The second-order valence-corrected chi connectivity index (χ2v) is 3.93. The molecule has 6 heteroatoms. The lowest BCUT2D eigenvalue weighted by atomic mass is 9.94. The third kappa shape index (κ3) is 2.11. The molecule has 0 fully saturated rings. The van der Waals surface area contributed by atoms with Gasteiger partial charge in [0.2, 0.25) is 5.91 Å². The summed E-state index contributed by atoms with van der Waals surface area (Å²) in [6.45, 7) is 1.74. The molecule has 1 atom stereocenters. The predicted octanol–water partition coefficient (Wildman–Crippen LogP) is 1.53. The fourth-order valence-electron chi connectivity index (χ4n) is 1.72. The van der Waals surface area contributed by atoms with E-state index in [2.05, 4.69) is 10.5 Å². The normalized spacial score (nSPS) is 19.8. The molecule has 1 heterocycles. The lowest BCUT2D eigenvalue weighted by Gasteiger charge is -2.19. The highest BCUT2D eigenvalue weighted by atomic mass is 19.1. The number of rotatable bonds is 1. The molecule has 90 valence electrons. The molecular formula is C11H10F2N2O2. The van der Waals surface area contributed by atoms with Gasteiger partial charge < -0.3 is 5.11 Å². The predicted molar refractivity (Wildman–Crippen MR) is 56.5 cm³/mol. The second kappa shape index (κ2) is 4.12. The first-order chi connectivity index (χ1) is 7.99. The minimum Gasteiger partial charge on any atom is -0.503 e. The van der Waals surface area contributed by atoms with Crippen molar-refractivity contribution in [3.8, 4) is 5.75 Å². The first-order valence-electron chi connectivity index (χ1n) is 5.04. The first kappa shape index (κ1) is 11.5. The van der Waals surface area contributed by atoms with Crippen LogP contribution >= 0.6 is 0 Å². The number of hydrogen-bond donors (Lipinski definition) is 2. The quantitative estimate of drug-likeness (QED) is 0.782. The number of benzene rings is 1. The molecule has 2 rings (SSSR count). The molecule has 1 aromatic carbocycles. The van der Waals surface area contributed by atoms with Crippen LogP contribution in [-0.2, 0) is 4.79 Å². The zero-order valence-electron chi connectivity index (χ0n) is 9.00. The van der Waals surface area contributed by atoms with Crippen LogP contribution in [0.1, 0.15) is 18.9 Å². The summed E-state index contributed by atoms with van der Waals surface area (Å²) >= 11 is 0. The van der Waals surface area contributed by atoms with Gasteiger partial charge in [-0.05, 0) is 12.1 Å². The van der Waals surface area contributed by atoms with Crippen LogP contribution in [0.5, 0.6) is 5.75 Å². The summed E-state index contributed by atoms with van der Waals surface area (Å²) in [6.07, 6.45) is 0.211. The molecule has 0 aliphatic carbocycles. The number of carbonyl (C=O) groups is 1. The molecule has 0 aromatic heterocycles. The Bertz CT molecular complexity index is 491. The van der Waals surface area contributed by atoms with Gasteiger partial charge >= 0.3 is 0 Å². The molecule has 2 N–H and O–H groups in total. The molecule has 1 amide bonds. The maximum Gasteiger partial charge on any atom is 0.240 e. The molecule has 0 radical (unpaired) electrons. The van der Waals surface area contributed by atoms with E-state index >= 15 is 0 Å². The van der Waals surface area contributed by atoms with Crippen LogP contribution < -0.4 is 5.43 Å². The highest BCUT2D eigenvalue weighted by Gasteiger charge is 2.23. The molecule has 17 heavy (non-hydrogen) atoms. The third-order valence-electron chi connectivity index (χ3n) is 2.57. The number of halogens is 2. The summed E-state index contributed by atoms with van der Waals surface area (Å²) in [5.74, 6) is -3.58. The van der Waals surface area contributed by atoms with Crippen LogP contribution in [0, 0.1) is 17.6 Å². The zero-order chi connectivity index (χ0) is 12.6. The fourth-order valence-corrected chi connectivity index (χ4v) is 1.72. The van der Waals surface area contributed by atoms with Crippen molar-refractivity contribution in [3.05, 3.63) is 29.3 Å². The lowest BCUT2D eigenvalue weighted by molar-refractivity contribution is -0.121. The van der Waals surface area contributed by atoms with Crippen molar-refractivity contribution in [2.24, 2.45) is 11.0 Å². The van der Waals surface area contributed by atoms with Gasteiger partial charge in [0.25, 0.3) is 0 Å². The summed E-state index contributed by atoms with van der Waals surface area (Å²) in [6, 6.07) is 1.98. The van der Waals surface area contributed by atoms with Crippen molar-refractivity contribution in [1.82, 2.24) is 5.43 Å². The van der Waals surface area contributed by atoms with Crippen molar-refractivity contribution >= 4 is 11.6 Å². The Morgan fingerprint density at radius 2 is 2.00 bits per heavy atom. The highest BCUT2D eigenvalue weighted by molar-refractivity contribution is 6.05. The van der Waals surface area contributed by atoms with Gasteiger partial charge in [0.1, 0.15) is 0 Å². The zero-order valence-corrected chi connectivity index (χ0v) is 9.00. The molecule has 1 aromatic rings. The van der Waals surface area contributed by atoms with E-state index in [9.17, 15) is 13.6 Å². The lowest BCUT2D eigenvalue weighted by Crippen LogP contribution is -2.32. The van der Waals surface area contributed by atoms with Gasteiger partial charge in [0, 0.05) is 17.9 Å². The van der Waals surface area contributed by atoms with E-state index in [1.807, 2.05) is 0 Å². The first-order valence-corrected chi connectivity index (χ1v) is 5.04. The van der Waals surface area contributed by atoms with Crippen LogP contribution in [0.3, 0.4) is 0 Å². The van der Waals surface area contributed by atoms with Crippen molar-refractivity contribution in [2.45, 2.75) is 13.3 Å². The highest BCUT2D eigenvalue weighted by Crippen LogP contribution is 2.24. The van der Waals surface area contributed by atoms with Crippen molar-refractivity contribution < 1.29 is 18.7 Å². The van der Waals surface area contributed by atoms with Crippen molar-refractivity contribution in [1.29, 1.82) is 0 Å². The summed E-state index contributed by atoms with van der Waals surface area (Å²) in [4.78, 5) is 11.0. The Labute approximate surface area is 96.0 Å². The molecule has 0 saturated heterocycles. The van der Waals surface area contributed by atoms with Crippen molar-refractivity contribution in [2.75, 3.05) is 0 Å². The van der Waals surface area contributed by atoms with E-state index in [4.69, 9.17) is 5.11 Å². The molecule has 1 aliphatic rings. The summed E-state index contributed by atoms with van der Waals surface area (Å²) in [7, 11) is 0. The maximum atomic E-state index is 13.2. The Kier molecular flexibility index (Phi) is 2.79. The summed E-state index contributed by atoms with van der Waals surface area (Å²) in [5.41, 5.74) is 2.86. The van der Waals surface area contributed by atoms with Crippen molar-refractivity contribution in [3.63, 3.8) is 0 Å². The van der Waals surface area contributed by atoms with Crippen LogP contribution in [0.4, 0.5) is 8.78 Å². The van der Waals surface area contributed by atoms with Gasteiger partial charge in [-0.3, -0.25) is 4.79 Å². The van der Waals surface area contributed by atoms with Crippen LogP contribution in [0.25, 0.3) is 0 Å². The van der Waals surface area contributed by atoms with Crippen LogP contribution in [-0.4, -0.2) is 16.7 Å². The number of nitrogens with one attached hydrogen (secondary N) is 1. The molecule has 0 saturated carbocycles. The van der Waals surface area contributed by atoms with E-state index < -0.39 is 17.4 Å². The number of phenols is 1. The number of phenolic OH excluding ortho intramolecular Hbond substituents is 1. The average Bonchev–Trinajstić information content (AvgIpc) is 2.25. The van der Waals surface area contributed by atoms with E-state index in [1.54, 1.807) is 6.92 Å². The van der Waals surface area contributed by atoms with Gasteiger partial charge in [-0.25, -0.2) is 14.2 Å². The topological polar surface area (TPSA) is 61.7 Å². The SMILES string of the molecule is CC1CC(=O)NN=C1c1cc(F)c(O)c(F)c1. The van der Waals surface area contributed by atoms with Gasteiger partial charge in [0.15, 0.2) is 17.4 Å². The number of nitrogens with zero attached hydrogens (tertiary/aromatic N) is 1. The van der Waals surface area contributed by atoms with Gasteiger partial charge in [0.05, 0.1) is 5.71 Å². The fraction of sp³-hybridized carbons (Fsp3) is 0.273. The van der Waals surface area contributed by atoms with E-state index in [0.29, 0.717) is 5.71 Å². The molecular weight excluding hydrogens is 230 g/mol.